The smallest absolute Gasteiger partial charge is 0.410 e. The molecule has 2 aromatic carbocycles. The molecular weight excluding hydrogens is 523 g/mol. The van der Waals surface area contributed by atoms with E-state index in [1.54, 1.807) is 6.92 Å². The predicted molar refractivity (Wildman–Crippen MR) is 125 cm³/mol. The van der Waals surface area contributed by atoms with Crippen LogP contribution in [0.3, 0.4) is 0 Å². The molecule has 178 valence electrons. The Labute approximate surface area is 208 Å². The first-order valence-electron chi connectivity index (χ1n) is 11.2. The van der Waals surface area contributed by atoms with Crippen molar-refractivity contribution in [3.63, 3.8) is 0 Å². The monoisotopic (exact) mass is 547 g/mol. The number of nitro groups is 1. The van der Waals surface area contributed by atoms with Crippen LogP contribution in [0.25, 0.3) is 0 Å². The summed E-state index contributed by atoms with van der Waals surface area (Å²) in [7, 11) is 1.21. The number of hydrogen-bond acceptors (Lipinski definition) is 6. The summed E-state index contributed by atoms with van der Waals surface area (Å²) < 4.78 is 47.8. The second kappa shape index (κ2) is 10.9. The number of ketones is 1. The van der Waals surface area contributed by atoms with Gasteiger partial charge in [-0.25, -0.2) is 9.18 Å². The van der Waals surface area contributed by atoms with Gasteiger partial charge in [0.05, 0.1) is 33.7 Å². The molecule has 0 saturated heterocycles. The third-order valence-corrected chi connectivity index (χ3v) is 5.71. The number of rotatable bonds is 8. The molecule has 8 nitrogen and oxygen atoms in total. The molecule has 0 spiro atoms. The van der Waals surface area contributed by atoms with Crippen LogP contribution in [0.15, 0.2) is 28.7 Å². The molecule has 0 aliphatic heterocycles. The van der Waals surface area contributed by atoms with Crippen LogP contribution in [-0.4, -0.2) is 41.9 Å². The van der Waals surface area contributed by atoms with E-state index in [0.717, 1.165) is 24.3 Å². The van der Waals surface area contributed by atoms with Crippen molar-refractivity contribution in [1.29, 1.82) is 0 Å². The highest BCUT2D eigenvalue weighted by Crippen LogP contribution is 2.44. The molecule has 0 fully saturated rings. The second-order valence-electron chi connectivity index (χ2n) is 7.14. The van der Waals surface area contributed by atoms with Gasteiger partial charge in [-0.15, -0.1) is 0 Å². The van der Waals surface area contributed by atoms with Gasteiger partial charge >= 0.3 is 6.09 Å². The van der Waals surface area contributed by atoms with Crippen LogP contribution in [0, 0.1) is 15.9 Å². The average molecular weight is 549 g/mol. The van der Waals surface area contributed by atoms with Crippen LogP contribution in [0.4, 0.5) is 14.9 Å². The van der Waals surface area contributed by atoms with Gasteiger partial charge in [0.1, 0.15) is 17.1 Å². The number of carbonyl (C=O) groups excluding carboxylic acids is 2. The maximum atomic E-state index is 13.8. The number of nitrogens with zero attached hydrogens (tertiary/aromatic N) is 2. The Morgan fingerprint density at radius 3 is 2.55 bits per heavy atom. The molecule has 0 aliphatic rings. The first-order chi connectivity index (χ1) is 16.6. The highest BCUT2D eigenvalue weighted by molar-refractivity contribution is 9.10. The summed E-state index contributed by atoms with van der Waals surface area (Å²) >= 11 is 9.21. The number of amides is 1. The van der Waals surface area contributed by atoms with Crippen LogP contribution in [0.1, 0.15) is 58.8 Å². The Bertz CT molecular complexity index is 1200. The molecule has 0 heterocycles. The molecule has 0 saturated carbocycles. The van der Waals surface area contributed by atoms with Crippen molar-refractivity contribution in [1.82, 2.24) is 4.90 Å². The number of halogens is 3. The lowest BCUT2D eigenvalue weighted by atomic mass is 9.95. The van der Waals surface area contributed by atoms with Crippen LogP contribution in [0.5, 0.6) is 5.75 Å². The largest absolute Gasteiger partial charge is 0.495 e. The van der Waals surface area contributed by atoms with E-state index in [1.807, 2.05) is 0 Å². The fraction of sp³-hybridized carbons (Fsp3) is 0.364. The number of benzene rings is 2. The van der Waals surface area contributed by atoms with Crippen LogP contribution >= 0.6 is 27.5 Å². The summed E-state index contributed by atoms with van der Waals surface area (Å²) in [5.74, 6) is -1.88. The van der Waals surface area contributed by atoms with Gasteiger partial charge in [0.25, 0.3) is 5.69 Å². The van der Waals surface area contributed by atoms with Crippen LogP contribution in [0.2, 0.25) is 5.02 Å². The Morgan fingerprint density at radius 2 is 2.03 bits per heavy atom. The zero-order valence-electron chi connectivity index (χ0n) is 21.1. The van der Waals surface area contributed by atoms with E-state index in [1.165, 1.54) is 21.0 Å². The van der Waals surface area contributed by atoms with Gasteiger partial charge in [0.2, 0.25) is 5.78 Å². The van der Waals surface area contributed by atoms with Gasteiger partial charge in [-0.05, 0) is 54.4 Å². The number of hydrogen-bond donors (Lipinski definition) is 0. The summed E-state index contributed by atoms with van der Waals surface area (Å²) in [6, 6.07) is 2.69. The highest BCUT2D eigenvalue weighted by Gasteiger charge is 2.34. The van der Waals surface area contributed by atoms with Gasteiger partial charge < -0.3 is 14.4 Å². The molecule has 33 heavy (non-hydrogen) atoms. The van der Waals surface area contributed by atoms with E-state index in [9.17, 15) is 24.1 Å². The van der Waals surface area contributed by atoms with Crippen molar-refractivity contribution in [3.05, 3.63) is 66.4 Å². The molecule has 2 rings (SSSR count). The van der Waals surface area contributed by atoms with Crippen molar-refractivity contribution in [2.45, 2.75) is 39.3 Å². The highest BCUT2D eigenvalue weighted by atomic mass is 79.9. The number of methoxy groups -OCH3 is 1. The molecule has 0 aliphatic carbocycles. The van der Waals surface area contributed by atoms with Crippen LogP contribution < -0.4 is 4.74 Å². The van der Waals surface area contributed by atoms with E-state index in [0.29, 0.717) is 4.90 Å². The van der Waals surface area contributed by atoms with E-state index < -0.39 is 53.0 Å². The molecule has 0 N–H and O–H groups in total. The summed E-state index contributed by atoms with van der Waals surface area (Å²) in [4.78, 5) is 37.7. The molecular formula is C22H23BrClFN2O6. The molecule has 1 atom stereocenters. The van der Waals surface area contributed by atoms with Crippen molar-refractivity contribution >= 4 is 45.1 Å². The van der Waals surface area contributed by atoms with E-state index >= 15 is 0 Å². The lowest BCUT2D eigenvalue weighted by Crippen LogP contribution is -2.33. The van der Waals surface area contributed by atoms with Gasteiger partial charge in [0.15, 0.2) is 0 Å². The molecule has 2 aromatic rings. The number of carbonyl (C=O) groups is 2. The summed E-state index contributed by atoms with van der Waals surface area (Å²) in [6.45, 7) is 1.66. The first-order valence-corrected chi connectivity index (χ1v) is 10.9. The summed E-state index contributed by atoms with van der Waals surface area (Å²) in [5, 5.41) is 11.9. The molecule has 1 amide bonds. The molecule has 0 radical (unpaired) electrons. The van der Waals surface area contributed by atoms with Crippen molar-refractivity contribution < 1.29 is 32.5 Å². The molecule has 0 aromatic heterocycles. The summed E-state index contributed by atoms with van der Waals surface area (Å²) in [6.07, 6.45) is -1.81. The normalized spacial score (nSPS) is 13.5. The lowest BCUT2D eigenvalue weighted by molar-refractivity contribution is -0.385. The molecule has 1 unspecified atom stereocenters. The maximum absolute atomic E-state index is 13.8. The SMILES string of the molecule is [2H]C([2H])([2H])N(C(=O)OC(C)C)C(CC)c1cc([N+](=O)[O-])c(C(=O)c2cc(F)ccc2Cl)c(Br)c1OC. The first kappa shape index (κ1) is 22.1. The van der Waals surface area contributed by atoms with Gasteiger partial charge in [-0.3, -0.25) is 14.9 Å². The Balaban J connectivity index is 2.86. The van der Waals surface area contributed by atoms with Crippen molar-refractivity contribution in [2.24, 2.45) is 0 Å². The van der Waals surface area contributed by atoms with Crippen LogP contribution in [-0.2, 0) is 4.74 Å². The maximum Gasteiger partial charge on any atom is 0.410 e. The average Bonchev–Trinajstić information content (AvgIpc) is 2.76. The number of ether oxygens (including phenoxy) is 2. The zero-order chi connectivity index (χ0) is 27.5. The summed E-state index contributed by atoms with van der Waals surface area (Å²) in [5.41, 5.74) is -1.61. The van der Waals surface area contributed by atoms with Gasteiger partial charge in [0, 0.05) is 28.3 Å². The van der Waals surface area contributed by atoms with Gasteiger partial charge in [-0.1, -0.05) is 18.5 Å². The van der Waals surface area contributed by atoms with Crippen molar-refractivity contribution in [3.8, 4) is 5.75 Å². The van der Waals surface area contributed by atoms with Gasteiger partial charge in [-0.2, -0.15) is 0 Å². The minimum atomic E-state index is -2.98. The second-order valence-corrected chi connectivity index (χ2v) is 8.34. The predicted octanol–water partition coefficient (Wildman–Crippen LogP) is 6.32. The zero-order valence-corrected chi connectivity index (χ0v) is 20.5. The third kappa shape index (κ3) is 5.62. The van der Waals surface area contributed by atoms with E-state index in [2.05, 4.69) is 15.9 Å². The van der Waals surface area contributed by atoms with E-state index in [-0.39, 0.29) is 32.8 Å². The minimum Gasteiger partial charge on any atom is -0.495 e. The Hall–Kier alpha value is -2.72. The Kier molecular flexibility index (Phi) is 7.32. The quantitative estimate of drug-likeness (QED) is 0.217. The number of nitro benzene ring substituents is 1. The minimum absolute atomic E-state index is 0.00540. The fourth-order valence-corrected chi connectivity index (χ4v) is 4.16. The molecule has 11 heteroatoms. The third-order valence-electron chi connectivity index (χ3n) is 4.62. The Morgan fingerprint density at radius 1 is 1.36 bits per heavy atom. The standard InChI is InChI=1S/C22H23BrClFN2O6/c1-6-16(26(4)22(29)33-11(2)3)14-10-17(27(30)31)18(19(23)21(14)32-5)20(28)13-9-12(25)7-8-15(13)24/h7-11,16H,6H2,1-5H3/i4D3. The van der Waals surface area contributed by atoms with E-state index in [4.69, 9.17) is 25.2 Å². The van der Waals surface area contributed by atoms with Crippen molar-refractivity contribution in [2.75, 3.05) is 14.1 Å². The lowest BCUT2D eigenvalue weighted by Gasteiger charge is -2.29. The molecule has 0 bridgehead atoms. The fourth-order valence-electron chi connectivity index (χ4n) is 3.19. The topological polar surface area (TPSA) is 99.0 Å².